The summed E-state index contributed by atoms with van der Waals surface area (Å²) in [6.07, 6.45) is 0.676. The molecular formula is C12H11BrClNO2. The third kappa shape index (κ3) is 2.11. The van der Waals surface area contributed by atoms with Crippen LogP contribution in [-0.4, -0.2) is 24.1 Å². The topological polar surface area (TPSA) is 37.4 Å². The van der Waals surface area contributed by atoms with Crippen molar-refractivity contribution in [3.8, 4) is 0 Å². The number of halogens is 2. The van der Waals surface area contributed by atoms with Crippen LogP contribution in [0, 0.1) is 6.92 Å². The zero-order valence-electron chi connectivity index (χ0n) is 9.30. The predicted octanol–water partition coefficient (Wildman–Crippen LogP) is 2.92. The van der Waals surface area contributed by atoms with Crippen LogP contribution in [0.5, 0.6) is 0 Å². The summed E-state index contributed by atoms with van der Waals surface area (Å²) < 4.78 is 0.814. The molecule has 0 bridgehead atoms. The van der Waals surface area contributed by atoms with Crippen molar-refractivity contribution in [2.24, 2.45) is 0 Å². The largest absolute Gasteiger partial charge is 0.304 e. The Morgan fingerprint density at radius 1 is 1.35 bits per heavy atom. The molecule has 1 aromatic carbocycles. The standard InChI is InChI=1S/C12H11BrClNO2/c1-7-5-8(13)6-9-10(7)15(4-2-3-14)12(17)11(9)16/h5-6H,2-4H2,1H3. The van der Waals surface area contributed by atoms with Gasteiger partial charge in [-0.1, -0.05) is 15.9 Å². The number of Topliss-reactive ketones (excluding diaryl/α,β-unsaturated/α-hetero) is 1. The molecule has 0 aromatic heterocycles. The molecule has 90 valence electrons. The van der Waals surface area contributed by atoms with Crippen molar-refractivity contribution in [1.29, 1.82) is 0 Å². The summed E-state index contributed by atoms with van der Waals surface area (Å²) in [6, 6.07) is 3.60. The molecule has 0 spiro atoms. The number of rotatable bonds is 3. The van der Waals surface area contributed by atoms with E-state index in [0.29, 0.717) is 24.4 Å². The van der Waals surface area contributed by atoms with E-state index in [4.69, 9.17) is 11.6 Å². The lowest BCUT2D eigenvalue weighted by Gasteiger charge is -2.17. The molecule has 0 radical (unpaired) electrons. The molecule has 0 aliphatic carbocycles. The van der Waals surface area contributed by atoms with Gasteiger partial charge in [0.1, 0.15) is 0 Å². The van der Waals surface area contributed by atoms with Gasteiger partial charge in [-0.3, -0.25) is 9.59 Å². The zero-order chi connectivity index (χ0) is 12.6. The van der Waals surface area contributed by atoms with E-state index in [1.54, 1.807) is 6.07 Å². The maximum atomic E-state index is 11.8. The summed E-state index contributed by atoms with van der Waals surface area (Å²) in [6.45, 7) is 2.38. The molecule has 0 N–H and O–H groups in total. The van der Waals surface area contributed by atoms with Gasteiger partial charge >= 0.3 is 0 Å². The molecule has 0 unspecified atom stereocenters. The summed E-state index contributed by atoms with van der Waals surface area (Å²) in [4.78, 5) is 25.2. The third-order valence-corrected chi connectivity index (χ3v) is 3.46. The predicted molar refractivity (Wildman–Crippen MR) is 70.9 cm³/mol. The van der Waals surface area contributed by atoms with Crippen LogP contribution in [0.25, 0.3) is 0 Å². The summed E-state index contributed by atoms with van der Waals surface area (Å²) in [5.74, 6) is -0.409. The highest BCUT2D eigenvalue weighted by atomic mass is 79.9. The second kappa shape index (κ2) is 4.78. The van der Waals surface area contributed by atoms with Gasteiger partial charge in [-0.25, -0.2) is 0 Å². The van der Waals surface area contributed by atoms with Crippen LogP contribution in [-0.2, 0) is 4.79 Å². The first-order valence-electron chi connectivity index (χ1n) is 5.28. The molecule has 0 fully saturated rings. The number of anilines is 1. The van der Waals surface area contributed by atoms with Gasteiger partial charge in [0.2, 0.25) is 0 Å². The molecule has 0 saturated heterocycles. The van der Waals surface area contributed by atoms with Gasteiger partial charge in [-0.05, 0) is 31.0 Å². The zero-order valence-corrected chi connectivity index (χ0v) is 11.6. The number of hydrogen-bond acceptors (Lipinski definition) is 2. The van der Waals surface area contributed by atoms with E-state index in [-0.39, 0.29) is 0 Å². The van der Waals surface area contributed by atoms with Crippen LogP contribution < -0.4 is 4.90 Å². The Balaban J connectivity index is 2.48. The average Bonchev–Trinajstić information content (AvgIpc) is 2.51. The minimum absolute atomic E-state index is 0.432. The van der Waals surface area contributed by atoms with Gasteiger partial charge in [0, 0.05) is 16.9 Å². The molecule has 2 rings (SSSR count). The van der Waals surface area contributed by atoms with E-state index in [1.807, 2.05) is 13.0 Å². The fraction of sp³-hybridized carbons (Fsp3) is 0.333. The van der Waals surface area contributed by atoms with Gasteiger partial charge in [-0.15, -0.1) is 11.6 Å². The van der Waals surface area contributed by atoms with E-state index in [1.165, 1.54) is 4.90 Å². The molecular weight excluding hydrogens is 305 g/mol. The van der Waals surface area contributed by atoms with Gasteiger partial charge in [0.25, 0.3) is 11.7 Å². The quantitative estimate of drug-likeness (QED) is 0.635. The van der Waals surface area contributed by atoms with Gasteiger partial charge in [-0.2, -0.15) is 0 Å². The van der Waals surface area contributed by atoms with Crippen molar-refractivity contribution in [3.05, 3.63) is 27.7 Å². The summed E-state index contributed by atoms with van der Waals surface area (Å²) >= 11 is 8.96. The molecule has 1 aliphatic heterocycles. The van der Waals surface area contributed by atoms with Crippen LogP contribution in [0.4, 0.5) is 5.69 Å². The second-order valence-corrected chi connectivity index (χ2v) is 5.24. The number of carbonyl (C=O) groups is 2. The number of aryl methyl sites for hydroxylation is 1. The Hall–Kier alpha value is -0.870. The monoisotopic (exact) mass is 315 g/mol. The Morgan fingerprint density at radius 2 is 2.06 bits per heavy atom. The van der Waals surface area contributed by atoms with E-state index in [0.717, 1.165) is 15.7 Å². The van der Waals surface area contributed by atoms with Crippen LogP contribution in [0.15, 0.2) is 16.6 Å². The summed E-state index contributed by atoms with van der Waals surface area (Å²) in [5.41, 5.74) is 2.13. The van der Waals surface area contributed by atoms with Gasteiger partial charge in [0.05, 0.1) is 11.3 Å². The van der Waals surface area contributed by atoms with Crippen molar-refractivity contribution in [2.75, 3.05) is 17.3 Å². The minimum Gasteiger partial charge on any atom is -0.304 e. The van der Waals surface area contributed by atoms with Crippen LogP contribution >= 0.6 is 27.5 Å². The van der Waals surface area contributed by atoms with E-state index < -0.39 is 11.7 Å². The number of benzene rings is 1. The van der Waals surface area contributed by atoms with Crippen molar-refractivity contribution >= 4 is 44.9 Å². The molecule has 0 atom stereocenters. The van der Waals surface area contributed by atoms with Crippen LogP contribution in [0.1, 0.15) is 22.3 Å². The van der Waals surface area contributed by atoms with Crippen LogP contribution in [0.3, 0.4) is 0 Å². The lowest BCUT2D eigenvalue weighted by molar-refractivity contribution is -0.114. The Labute approximate surface area is 113 Å². The third-order valence-electron chi connectivity index (χ3n) is 2.73. The lowest BCUT2D eigenvalue weighted by Crippen LogP contribution is -2.31. The van der Waals surface area contributed by atoms with Crippen LogP contribution in [0.2, 0.25) is 0 Å². The number of alkyl halides is 1. The number of amides is 1. The highest BCUT2D eigenvalue weighted by molar-refractivity contribution is 9.10. The average molecular weight is 317 g/mol. The molecule has 1 heterocycles. The minimum atomic E-state index is -0.452. The highest BCUT2D eigenvalue weighted by Gasteiger charge is 2.36. The first-order valence-corrected chi connectivity index (χ1v) is 6.61. The number of ketones is 1. The van der Waals surface area contributed by atoms with E-state index in [2.05, 4.69) is 15.9 Å². The van der Waals surface area contributed by atoms with Crippen molar-refractivity contribution < 1.29 is 9.59 Å². The molecule has 1 aliphatic rings. The van der Waals surface area contributed by atoms with E-state index >= 15 is 0 Å². The first kappa shape index (κ1) is 12.6. The number of nitrogens with zero attached hydrogens (tertiary/aromatic N) is 1. The Morgan fingerprint density at radius 3 is 2.71 bits per heavy atom. The van der Waals surface area contributed by atoms with Crippen molar-refractivity contribution in [1.82, 2.24) is 0 Å². The molecule has 0 saturated carbocycles. The van der Waals surface area contributed by atoms with E-state index in [9.17, 15) is 9.59 Å². The van der Waals surface area contributed by atoms with Crippen molar-refractivity contribution in [3.63, 3.8) is 0 Å². The molecule has 5 heteroatoms. The number of fused-ring (bicyclic) bond motifs is 1. The fourth-order valence-electron chi connectivity index (χ4n) is 2.04. The summed E-state index contributed by atoms with van der Waals surface area (Å²) in [5, 5.41) is 0. The normalized spacial score (nSPS) is 14.4. The first-order chi connectivity index (χ1) is 8.06. The fourth-order valence-corrected chi connectivity index (χ4v) is 2.73. The molecule has 3 nitrogen and oxygen atoms in total. The Bertz CT molecular complexity index is 502. The highest BCUT2D eigenvalue weighted by Crippen LogP contribution is 2.34. The van der Waals surface area contributed by atoms with Gasteiger partial charge < -0.3 is 4.90 Å². The SMILES string of the molecule is Cc1cc(Br)cc2c1N(CCCCl)C(=O)C2=O. The van der Waals surface area contributed by atoms with Crippen molar-refractivity contribution in [2.45, 2.75) is 13.3 Å². The maximum Gasteiger partial charge on any atom is 0.299 e. The summed E-state index contributed by atoms with van der Waals surface area (Å²) in [7, 11) is 0. The Kier molecular flexibility index (Phi) is 3.54. The van der Waals surface area contributed by atoms with Gasteiger partial charge in [0.15, 0.2) is 0 Å². The maximum absolute atomic E-state index is 11.8. The lowest BCUT2D eigenvalue weighted by atomic mass is 10.1. The molecule has 17 heavy (non-hydrogen) atoms. The number of carbonyl (C=O) groups excluding carboxylic acids is 2. The smallest absolute Gasteiger partial charge is 0.299 e. The molecule has 1 aromatic rings. The second-order valence-electron chi connectivity index (χ2n) is 3.95. The molecule has 1 amide bonds. The number of hydrogen-bond donors (Lipinski definition) is 0.